The van der Waals surface area contributed by atoms with E-state index in [9.17, 15) is 4.39 Å². The van der Waals surface area contributed by atoms with Gasteiger partial charge in [-0.15, -0.1) is 0 Å². The predicted octanol–water partition coefficient (Wildman–Crippen LogP) is 1.67. The third kappa shape index (κ3) is 6.58. The molecule has 0 unspecified atom stereocenters. The molecule has 2 rings (SSSR count). The fourth-order valence-electron chi connectivity index (χ4n) is 1.47. The number of aliphatic carboxylic acids is 2. The van der Waals surface area contributed by atoms with Crippen LogP contribution in [0.5, 0.6) is 0 Å². The molecule has 22 heavy (non-hydrogen) atoms. The molecular weight excluding hydrogens is 291 g/mol. The monoisotopic (exact) mass is 306 g/mol. The first-order valence-electron chi connectivity index (χ1n) is 6.31. The van der Waals surface area contributed by atoms with Crippen LogP contribution in [0.1, 0.15) is 11.3 Å². The molecule has 0 fully saturated rings. The Bertz CT molecular complexity index is 608. The lowest BCUT2D eigenvalue weighted by Gasteiger charge is -2.05. The van der Waals surface area contributed by atoms with E-state index in [1.165, 1.54) is 6.07 Å². The second kappa shape index (κ2) is 9.19. The van der Waals surface area contributed by atoms with Crippen molar-refractivity contribution in [3.63, 3.8) is 0 Å². The van der Waals surface area contributed by atoms with Gasteiger partial charge >= 0.3 is 11.9 Å². The van der Waals surface area contributed by atoms with Gasteiger partial charge in [-0.1, -0.05) is 24.3 Å². The smallest absolute Gasteiger partial charge is 0.414 e. The molecule has 0 amide bonds. The zero-order valence-corrected chi connectivity index (χ0v) is 11.6. The summed E-state index contributed by atoms with van der Waals surface area (Å²) in [4.78, 5) is 22.4. The normalized spacial score (nSPS) is 9.50. The van der Waals surface area contributed by atoms with Crippen LogP contribution in [-0.2, 0) is 22.7 Å². The van der Waals surface area contributed by atoms with Crippen molar-refractivity contribution in [2.24, 2.45) is 0 Å². The fraction of sp³-hybridized carbons (Fsp3) is 0.133. The number of nitrogens with one attached hydrogen (secondary N) is 1. The number of pyridine rings is 1. The van der Waals surface area contributed by atoms with Gasteiger partial charge in [0.15, 0.2) is 0 Å². The molecule has 0 aliphatic carbocycles. The van der Waals surface area contributed by atoms with Gasteiger partial charge in [-0.2, -0.15) is 0 Å². The van der Waals surface area contributed by atoms with Crippen molar-refractivity contribution < 1.29 is 24.2 Å². The van der Waals surface area contributed by atoms with Crippen molar-refractivity contribution in [1.82, 2.24) is 10.3 Å². The van der Waals surface area contributed by atoms with E-state index in [-0.39, 0.29) is 5.82 Å². The van der Waals surface area contributed by atoms with Crippen LogP contribution in [-0.4, -0.2) is 27.1 Å². The van der Waals surface area contributed by atoms with Gasteiger partial charge in [0.1, 0.15) is 5.82 Å². The highest BCUT2D eigenvalue weighted by molar-refractivity contribution is 6.27. The Morgan fingerprint density at radius 3 is 2.18 bits per heavy atom. The number of carboxylic acid groups (broad SMARTS) is 2. The molecule has 6 nitrogen and oxygen atoms in total. The minimum atomic E-state index is -1.82. The first kappa shape index (κ1) is 17.3. The van der Waals surface area contributed by atoms with Gasteiger partial charge in [0, 0.05) is 24.8 Å². The molecule has 3 N–H and O–H groups in total. The first-order valence-corrected chi connectivity index (χ1v) is 6.31. The number of aromatic nitrogens is 1. The molecule has 0 bridgehead atoms. The number of hydrogen-bond donors (Lipinski definition) is 3. The molecule has 0 atom stereocenters. The standard InChI is InChI=1S/C13H13FN2.C2H2O4/c14-13-7-2-1-5-11(13)9-15-10-12-6-3-4-8-16-12;3-1(4)2(5)6/h1-8,15H,9-10H2;(H,3,4)(H,5,6). The number of rotatable bonds is 4. The van der Waals surface area contributed by atoms with Gasteiger partial charge in [0.05, 0.1) is 5.69 Å². The highest BCUT2D eigenvalue weighted by Crippen LogP contribution is 2.05. The predicted molar refractivity (Wildman–Crippen MR) is 76.5 cm³/mol. The van der Waals surface area contributed by atoms with E-state index < -0.39 is 11.9 Å². The van der Waals surface area contributed by atoms with Crippen molar-refractivity contribution in [2.75, 3.05) is 0 Å². The van der Waals surface area contributed by atoms with Crippen molar-refractivity contribution >= 4 is 11.9 Å². The van der Waals surface area contributed by atoms with Gasteiger partial charge in [0.25, 0.3) is 0 Å². The molecule has 116 valence electrons. The summed E-state index contributed by atoms with van der Waals surface area (Å²) < 4.78 is 13.3. The maximum absolute atomic E-state index is 13.3. The van der Waals surface area contributed by atoms with Crippen molar-refractivity contribution in [3.05, 3.63) is 65.7 Å². The van der Waals surface area contributed by atoms with Gasteiger partial charge in [-0.25, -0.2) is 14.0 Å². The Morgan fingerprint density at radius 2 is 1.64 bits per heavy atom. The SMILES string of the molecule is Fc1ccccc1CNCc1ccccn1.O=C(O)C(=O)O. The average Bonchev–Trinajstić information content (AvgIpc) is 2.51. The van der Waals surface area contributed by atoms with Crippen LogP contribution in [0.3, 0.4) is 0 Å². The van der Waals surface area contributed by atoms with E-state index in [0.717, 1.165) is 5.69 Å². The zero-order chi connectivity index (χ0) is 16.4. The lowest BCUT2D eigenvalue weighted by atomic mass is 10.2. The van der Waals surface area contributed by atoms with E-state index in [1.54, 1.807) is 18.3 Å². The third-order valence-electron chi connectivity index (χ3n) is 2.49. The molecule has 0 saturated heterocycles. The maximum atomic E-state index is 13.3. The molecule has 1 heterocycles. The maximum Gasteiger partial charge on any atom is 0.414 e. The van der Waals surface area contributed by atoms with Crippen LogP contribution in [0.15, 0.2) is 48.7 Å². The molecule has 2 aromatic rings. The molecule has 0 saturated carbocycles. The van der Waals surface area contributed by atoms with Crippen LogP contribution >= 0.6 is 0 Å². The van der Waals surface area contributed by atoms with E-state index >= 15 is 0 Å². The summed E-state index contributed by atoms with van der Waals surface area (Å²) in [6.07, 6.45) is 1.75. The highest BCUT2D eigenvalue weighted by Gasteiger charge is 2.04. The summed E-state index contributed by atoms with van der Waals surface area (Å²) >= 11 is 0. The Kier molecular flexibility index (Phi) is 7.21. The zero-order valence-electron chi connectivity index (χ0n) is 11.6. The molecule has 0 aliphatic heterocycles. The molecule has 7 heteroatoms. The van der Waals surface area contributed by atoms with E-state index in [0.29, 0.717) is 18.7 Å². The van der Waals surface area contributed by atoms with Crippen LogP contribution in [0.4, 0.5) is 4.39 Å². The molecule has 1 aromatic heterocycles. The van der Waals surface area contributed by atoms with E-state index in [2.05, 4.69) is 10.3 Å². The van der Waals surface area contributed by atoms with Crippen molar-refractivity contribution in [3.8, 4) is 0 Å². The number of carboxylic acids is 2. The average molecular weight is 306 g/mol. The highest BCUT2D eigenvalue weighted by atomic mass is 19.1. The van der Waals surface area contributed by atoms with Gasteiger partial charge < -0.3 is 15.5 Å². The summed E-state index contributed by atoms with van der Waals surface area (Å²) in [6, 6.07) is 12.5. The number of benzene rings is 1. The summed E-state index contributed by atoms with van der Waals surface area (Å²) in [5.41, 5.74) is 1.64. The number of hydrogen-bond acceptors (Lipinski definition) is 4. The molecule has 0 aliphatic rings. The molecule has 1 aromatic carbocycles. The number of halogens is 1. The van der Waals surface area contributed by atoms with E-state index in [1.807, 2.05) is 24.3 Å². The van der Waals surface area contributed by atoms with Crippen molar-refractivity contribution in [1.29, 1.82) is 0 Å². The Labute approximate surface area is 126 Å². The lowest BCUT2D eigenvalue weighted by Crippen LogP contribution is -2.14. The van der Waals surface area contributed by atoms with Crippen molar-refractivity contribution in [2.45, 2.75) is 13.1 Å². The Balaban J connectivity index is 0.000000346. The molecule has 0 spiro atoms. The summed E-state index contributed by atoms with van der Waals surface area (Å²) in [5, 5.41) is 17.9. The minimum absolute atomic E-state index is 0.170. The van der Waals surface area contributed by atoms with Gasteiger partial charge in [-0.05, 0) is 18.2 Å². The minimum Gasteiger partial charge on any atom is -0.473 e. The second-order valence-electron chi connectivity index (χ2n) is 4.13. The Hall–Kier alpha value is -2.80. The summed E-state index contributed by atoms with van der Waals surface area (Å²) in [6.45, 7) is 1.17. The lowest BCUT2D eigenvalue weighted by molar-refractivity contribution is -0.159. The largest absolute Gasteiger partial charge is 0.473 e. The summed E-state index contributed by atoms with van der Waals surface area (Å²) in [5.74, 6) is -3.82. The third-order valence-corrected chi connectivity index (χ3v) is 2.49. The topological polar surface area (TPSA) is 99.5 Å². The quantitative estimate of drug-likeness (QED) is 0.743. The number of nitrogens with zero attached hydrogens (tertiary/aromatic N) is 1. The number of carbonyl (C=O) groups is 2. The summed E-state index contributed by atoms with van der Waals surface area (Å²) in [7, 11) is 0. The van der Waals surface area contributed by atoms with Crippen LogP contribution in [0, 0.1) is 5.82 Å². The second-order valence-corrected chi connectivity index (χ2v) is 4.13. The van der Waals surface area contributed by atoms with Gasteiger partial charge in [0.2, 0.25) is 0 Å². The molecule has 0 radical (unpaired) electrons. The van der Waals surface area contributed by atoms with Crippen LogP contribution < -0.4 is 5.32 Å². The fourth-order valence-corrected chi connectivity index (χ4v) is 1.47. The van der Waals surface area contributed by atoms with E-state index in [4.69, 9.17) is 19.8 Å². The Morgan fingerprint density at radius 1 is 1.00 bits per heavy atom. The first-order chi connectivity index (χ1) is 10.5. The van der Waals surface area contributed by atoms with Crippen LogP contribution in [0.25, 0.3) is 0 Å². The molecular formula is C15H15FN2O4. The van der Waals surface area contributed by atoms with Gasteiger partial charge in [-0.3, -0.25) is 4.98 Å². The van der Waals surface area contributed by atoms with Crippen LogP contribution in [0.2, 0.25) is 0 Å².